The van der Waals surface area contributed by atoms with E-state index in [9.17, 15) is 4.79 Å². The molecule has 3 aromatic rings. The van der Waals surface area contributed by atoms with Crippen molar-refractivity contribution in [3.8, 4) is 11.9 Å². The minimum atomic E-state index is -0.568. The highest BCUT2D eigenvalue weighted by Gasteiger charge is 2.35. The number of nitriles is 1. The molecular weight excluding hydrogens is 489 g/mol. The van der Waals surface area contributed by atoms with Crippen LogP contribution in [0.2, 0.25) is 5.15 Å². The molecule has 184 valence electrons. The maximum atomic E-state index is 15.2. The molecule has 1 atom stereocenters. The first-order valence-corrected chi connectivity index (χ1v) is 11.6. The molecule has 1 amide bonds. The van der Waals surface area contributed by atoms with Crippen LogP contribution in [0.3, 0.4) is 0 Å². The number of pyridine rings is 1. The van der Waals surface area contributed by atoms with Gasteiger partial charge in [-0.2, -0.15) is 5.26 Å². The molecule has 0 aliphatic carbocycles. The van der Waals surface area contributed by atoms with E-state index in [1.807, 2.05) is 11.0 Å². The van der Waals surface area contributed by atoms with Crippen molar-refractivity contribution in [3.63, 3.8) is 0 Å². The molecule has 2 aliphatic heterocycles. The number of ether oxygens (including phenoxy) is 2. The number of carbonyl (C=O) groups is 1. The molecular formula is C24H21ClFN7O3. The second-order valence-corrected chi connectivity index (χ2v) is 8.62. The van der Waals surface area contributed by atoms with Crippen LogP contribution in [0.4, 0.5) is 26.4 Å². The van der Waals surface area contributed by atoms with Crippen molar-refractivity contribution in [1.82, 2.24) is 15.2 Å². The minimum absolute atomic E-state index is 0.0940. The molecule has 4 heterocycles. The van der Waals surface area contributed by atoms with Crippen LogP contribution < -0.4 is 19.4 Å². The van der Waals surface area contributed by atoms with Crippen molar-refractivity contribution in [1.29, 1.82) is 5.26 Å². The zero-order chi connectivity index (χ0) is 25.1. The number of carbonyl (C=O) groups excluding carboxylic acids is 1. The Morgan fingerprint density at radius 2 is 1.92 bits per heavy atom. The highest BCUT2D eigenvalue weighted by molar-refractivity contribution is 6.29. The van der Waals surface area contributed by atoms with Crippen molar-refractivity contribution >= 4 is 34.9 Å². The normalized spacial score (nSPS) is 17.6. The molecule has 0 saturated carbocycles. The van der Waals surface area contributed by atoms with Crippen LogP contribution in [0.25, 0.3) is 0 Å². The zero-order valence-corrected chi connectivity index (χ0v) is 19.8. The van der Waals surface area contributed by atoms with Gasteiger partial charge >= 0.3 is 6.09 Å². The van der Waals surface area contributed by atoms with E-state index in [0.29, 0.717) is 43.1 Å². The lowest BCUT2D eigenvalue weighted by Gasteiger charge is -2.37. The Kier molecular flexibility index (Phi) is 6.69. The molecule has 2 aliphatic rings. The van der Waals surface area contributed by atoms with Gasteiger partial charge in [-0.05, 0) is 36.4 Å². The Hall–Kier alpha value is -4.17. The quantitative estimate of drug-likeness (QED) is 0.494. The predicted octanol–water partition coefficient (Wildman–Crippen LogP) is 3.27. The van der Waals surface area contributed by atoms with E-state index >= 15 is 4.39 Å². The first-order valence-electron chi connectivity index (χ1n) is 11.3. The maximum Gasteiger partial charge on any atom is 0.414 e. The molecule has 0 spiro atoms. The van der Waals surface area contributed by atoms with Gasteiger partial charge in [-0.25, -0.2) is 14.2 Å². The van der Waals surface area contributed by atoms with E-state index in [0.717, 1.165) is 5.82 Å². The van der Waals surface area contributed by atoms with Gasteiger partial charge in [0, 0.05) is 38.4 Å². The Morgan fingerprint density at radius 3 is 2.58 bits per heavy atom. The third kappa shape index (κ3) is 4.94. The van der Waals surface area contributed by atoms with Crippen LogP contribution in [0.15, 0.2) is 48.7 Å². The molecule has 2 aromatic heterocycles. The summed E-state index contributed by atoms with van der Waals surface area (Å²) in [6.45, 7) is 2.72. The molecule has 1 aromatic carbocycles. The van der Waals surface area contributed by atoms with Gasteiger partial charge in [0.05, 0.1) is 16.9 Å². The van der Waals surface area contributed by atoms with Gasteiger partial charge in [0.1, 0.15) is 37.0 Å². The smallest absolute Gasteiger partial charge is 0.414 e. The predicted molar refractivity (Wildman–Crippen MR) is 130 cm³/mol. The second-order valence-electron chi connectivity index (χ2n) is 8.23. The molecule has 5 rings (SSSR count). The van der Waals surface area contributed by atoms with Crippen LogP contribution in [0.5, 0.6) is 5.88 Å². The topological polar surface area (TPSA) is 108 Å². The minimum Gasteiger partial charge on any atom is -0.474 e. The summed E-state index contributed by atoms with van der Waals surface area (Å²) in [5.74, 6) is 0.616. The van der Waals surface area contributed by atoms with Crippen LogP contribution in [-0.2, 0) is 4.74 Å². The van der Waals surface area contributed by atoms with E-state index < -0.39 is 18.0 Å². The first kappa shape index (κ1) is 23.6. The number of nitrogens with zero attached hydrogens (tertiary/aromatic N) is 7. The molecule has 12 heteroatoms. The summed E-state index contributed by atoms with van der Waals surface area (Å²) < 4.78 is 26.0. The third-order valence-corrected chi connectivity index (χ3v) is 6.22. The highest BCUT2D eigenvalue weighted by atomic mass is 35.5. The van der Waals surface area contributed by atoms with E-state index in [1.54, 1.807) is 36.5 Å². The average molecular weight is 510 g/mol. The standard InChI is InChI=1S/C24H21ClFN7O3/c25-21-4-6-23(30-29-21)35-14-18-15-36-24(34)33(18)17-2-3-20(19(26)11-17)31-7-9-32(10-8-31)22-5-1-16(12-27)13-28-22/h1-6,11,13,18H,7-10,14-15H2/t18-/m1/s1. The fourth-order valence-corrected chi connectivity index (χ4v) is 4.28. The van der Waals surface area contributed by atoms with Crippen LogP contribution in [0.1, 0.15) is 5.56 Å². The number of benzene rings is 1. The summed E-state index contributed by atoms with van der Waals surface area (Å²) in [6, 6.07) is 13.0. The summed E-state index contributed by atoms with van der Waals surface area (Å²) in [7, 11) is 0. The van der Waals surface area contributed by atoms with Gasteiger partial charge < -0.3 is 19.3 Å². The number of halogens is 2. The number of aromatic nitrogens is 3. The summed E-state index contributed by atoms with van der Waals surface area (Å²) in [4.78, 5) is 22.2. The van der Waals surface area contributed by atoms with Crippen molar-refractivity contribution in [2.24, 2.45) is 0 Å². The number of cyclic esters (lactones) is 1. The van der Waals surface area contributed by atoms with Gasteiger partial charge in [0.2, 0.25) is 5.88 Å². The van der Waals surface area contributed by atoms with E-state index in [1.165, 1.54) is 11.0 Å². The lowest BCUT2D eigenvalue weighted by atomic mass is 10.2. The fourth-order valence-electron chi connectivity index (χ4n) is 4.18. The maximum absolute atomic E-state index is 15.2. The second kappa shape index (κ2) is 10.2. The fraction of sp³-hybridized carbons (Fsp3) is 0.292. The van der Waals surface area contributed by atoms with Crippen molar-refractivity contribution in [2.45, 2.75) is 6.04 Å². The van der Waals surface area contributed by atoms with Gasteiger partial charge in [-0.3, -0.25) is 4.90 Å². The first-order chi connectivity index (χ1) is 17.5. The molecule has 0 N–H and O–H groups in total. The number of anilines is 3. The van der Waals surface area contributed by atoms with E-state index in [-0.39, 0.29) is 24.2 Å². The average Bonchev–Trinajstić information content (AvgIpc) is 3.28. The molecule has 36 heavy (non-hydrogen) atoms. The number of hydrogen-bond acceptors (Lipinski definition) is 9. The lowest BCUT2D eigenvalue weighted by molar-refractivity contribution is 0.174. The van der Waals surface area contributed by atoms with Crippen LogP contribution in [-0.4, -0.2) is 66.7 Å². The van der Waals surface area contributed by atoms with Crippen LogP contribution >= 0.6 is 11.6 Å². The summed E-state index contributed by atoms with van der Waals surface area (Å²) >= 11 is 5.73. The number of hydrogen-bond donors (Lipinski definition) is 0. The Balaban J connectivity index is 1.23. The third-order valence-electron chi connectivity index (χ3n) is 6.02. The number of amides is 1. The summed E-state index contributed by atoms with van der Waals surface area (Å²) in [6.07, 6.45) is 0.978. The van der Waals surface area contributed by atoms with E-state index in [2.05, 4.69) is 26.2 Å². The van der Waals surface area contributed by atoms with Gasteiger partial charge in [0.15, 0.2) is 5.15 Å². The molecule has 2 saturated heterocycles. The Labute approximate surface area is 211 Å². The highest BCUT2D eigenvalue weighted by Crippen LogP contribution is 2.30. The van der Waals surface area contributed by atoms with Crippen molar-refractivity contribution < 1.29 is 18.7 Å². The molecule has 0 radical (unpaired) electrons. The summed E-state index contributed by atoms with van der Waals surface area (Å²) in [5, 5.41) is 16.7. The summed E-state index contributed by atoms with van der Waals surface area (Å²) in [5.41, 5.74) is 1.35. The van der Waals surface area contributed by atoms with Gasteiger partial charge in [-0.15, -0.1) is 10.2 Å². The SMILES string of the molecule is N#Cc1ccc(N2CCN(c3ccc(N4C(=O)OC[C@H]4COc4ccc(Cl)nn4)cc3F)CC2)nc1. The molecule has 10 nitrogen and oxygen atoms in total. The van der Waals surface area contributed by atoms with Crippen LogP contribution in [0, 0.1) is 17.1 Å². The molecule has 0 bridgehead atoms. The van der Waals surface area contributed by atoms with Gasteiger partial charge in [-0.1, -0.05) is 11.6 Å². The Bertz CT molecular complexity index is 1280. The lowest BCUT2D eigenvalue weighted by Crippen LogP contribution is -2.47. The zero-order valence-electron chi connectivity index (χ0n) is 19.0. The number of rotatable bonds is 6. The Morgan fingerprint density at radius 1 is 1.11 bits per heavy atom. The van der Waals surface area contributed by atoms with Crippen molar-refractivity contribution in [2.75, 3.05) is 54.1 Å². The van der Waals surface area contributed by atoms with Crippen molar-refractivity contribution in [3.05, 3.63) is 65.2 Å². The largest absolute Gasteiger partial charge is 0.474 e. The molecule has 0 unspecified atom stereocenters. The van der Waals surface area contributed by atoms with E-state index in [4.69, 9.17) is 26.3 Å². The molecule has 2 fully saturated rings. The van der Waals surface area contributed by atoms with Gasteiger partial charge in [0.25, 0.3) is 0 Å². The number of piperazine rings is 1. The monoisotopic (exact) mass is 509 g/mol.